The van der Waals surface area contributed by atoms with Crippen LogP contribution in [0, 0.1) is 0 Å². The SMILES string of the molecule is CCCCCCCCCCCCCCCC(CC)ON(OCCC)C(=O)CC[n+]1ccsc1. The maximum absolute atomic E-state index is 12.7. The normalized spacial score (nSPS) is 12.2. The van der Waals surface area contributed by atoms with Gasteiger partial charge in [-0.2, -0.15) is 4.57 Å². The lowest BCUT2D eigenvalue weighted by molar-refractivity contribution is -0.691. The third-order valence-corrected chi connectivity index (χ3v) is 6.73. The highest BCUT2D eigenvalue weighted by molar-refractivity contribution is 7.07. The van der Waals surface area contributed by atoms with Gasteiger partial charge in [-0.3, -0.25) is 4.79 Å². The number of amides is 1. The van der Waals surface area contributed by atoms with Gasteiger partial charge in [0.05, 0.1) is 24.5 Å². The molecule has 0 fully saturated rings. The predicted octanol–water partition coefficient (Wildman–Crippen LogP) is 7.79. The molecule has 0 saturated heterocycles. The molecule has 1 atom stereocenters. The van der Waals surface area contributed by atoms with Crippen molar-refractivity contribution in [1.82, 2.24) is 5.23 Å². The first-order valence-electron chi connectivity index (χ1n) is 13.7. The van der Waals surface area contributed by atoms with Crippen LogP contribution in [0.15, 0.2) is 17.1 Å². The molecule has 0 bridgehead atoms. The lowest BCUT2D eigenvalue weighted by Gasteiger charge is -2.25. The van der Waals surface area contributed by atoms with Gasteiger partial charge in [0.15, 0.2) is 12.7 Å². The van der Waals surface area contributed by atoms with Crippen molar-refractivity contribution in [3.8, 4) is 0 Å². The number of rotatable bonds is 23. The number of carbonyl (C=O) groups is 1. The van der Waals surface area contributed by atoms with Crippen LogP contribution in [-0.4, -0.2) is 23.8 Å². The molecule has 1 unspecified atom stereocenters. The second-order valence-electron chi connectivity index (χ2n) is 9.17. The molecule has 0 aromatic carbocycles. The zero-order chi connectivity index (χ0) is 24.0. The number of aryl methyl sites for hydroxylation is 1. The third kappa shape index (κ3) is 16.3. The number of unbranched alkanes of at least 4 members (excludes halogenated alkanes) is 12. The van der Waals surface area contributed by atoms with Gasteiger partial charge in [-0.1, -0.05) is 121 Å². The van der Waals surface area contributed by atoms with E-state index in [2.05, 4.69) is 13.8 Å². The van der Waals surface area contributed by atoms with Crippen molar-refractivity contribution in [2.45, 2.75) is 143 Å². The van der Waals surface area contributed by atoms with Crippen LogP contribution in [0.5, 0.6) is 0 Å². The number of hydrogen-bond acceptors (Lipinski definition) is 4. The number of hydroxylamine groups is 2. The van der Waals surface area contributed by atoms with E-state index in [9.17, 15) is 4.79 Å². The van der Waals surface area contributed by atoms with Gasteiger partial charge in [-0.25, -0.2) is 9.68 Å². The number of thiazole rings is 1. The number of aromatic nitrogens is 1. The quantitative estimate of drug-likeness (QED) is 0.0906. The number of nitrogens with zero attached hydrogens (tertiary/aromatic N) is 2. The minimum atomic E-state index is -0.106. The molecule has 5 nitrogen and oxygen atoms in total. The van der Waals surface area contributed by atoms with Crippen LogP contribution in [0.4, 0.5) is 0 Å². The Kier molecular flexibility index (Phi) is 19.6. The van der Waals surface area contributed by atoms with Crippen molar-refractivity contribution >= 4 is 17.2 Å². The summed E-state index contributed by atoms with van der Waals surface area (Å²) in [5.74, 6) is -0.106. The molecule has 1 aromatic heterocycles. The third-order valence-electron chi connectivity index (χ3n) is 6.06. The van der Waals surface area contributed by atoms with Gasteiger partial charge in [-0.05, 0) is 19.3 Å². The molecule has 1 aromatic rings. The Hall–Kier alpha value is -0.980. The minimum absolute atomic E-state index is 0.0346. The van der Waals surface area contributed by atoms with E-state index in [4.69, 9.17) is 9.68 Å². The minimum Gasteiger partial charge on any atom is -0.270 e. The van der Waals surface area contributed by atoms with Crippen molar-refractivity contribution in [2.75, 3.05) is 6.61 Å². The Labute approximate surface area is 207 Å². The molecule has 1 amide bonds. The average molecular weight is 484 g/mol. The molecule has 0 aliphatic heterocycles. The summed E-state index contributed by atoms with van der Waals surface area (Å²) in [6.45, 7) is 7.58. The van der Waals surface area contributed by atoms with Crippen LogP contribution in [0.2, 0.25) is 0 Å². The Morgan fingerprint density at radius 1 is 0.879 bits per heavy atom. The van der Waals surface area contributed by atoms with E-state index in [1.807, 2.05) is 28.6 Å². The first-order valence-corrected chi connectivity index (χ1v) is 14.7. The van der Waals surface area contributed by atoms with Crippen LogP contribution in [0.1, 0.15) is 130 Å². The second-order valence-corrected chi connectivity index (χ2v) is 9.92. The predicted molar refractivity (Wildman–Crippen MR) is 138 cm³/mol. The van der Waals surface area contributed by atoms with Gasteiger partial charge in [0, 0.05) is 0 Å². The summed E-state index contributed by atoms with van der Waals surface area (Å²) < 4.78 is 2.02. The number of carbonyl (C=O) groups excluding carboxylic acids is 1. The molecular formula is C27H51N2O3S+. The summed E-state index contributed by atoms with van der Waals surface area (Å²) >= 11 is 1.63. The van der Waals surface area contributed by atoms with E-state index < -0.39 is 0 Å². The van der Waals surface area contributed by atoms with E-state index in [1.54, 1.807) is 11.3 Å². The fourth-order valence-electron chi connectivity index (χ4n) is 3.90. The molecule has 6 heteroatoms. The van der Waals surface area contributed by atoms with E-state index in [0.29, 0.717) is 19.6 Å². The first kappa shape index (κ1) is 30.1. The summed E-state index contributed by atoms with van der Waals surface area (Å²) in [4.78, 5) is 24.3. The van der Waals surface area contributed by atoms with Crippen molar-refractivity contribution < 1.29 is 19.0 Å². The monoisotopic (exact) mass is 483 g/mol. The van der Waals surface area contributed by atoms with Crippen molar-refractivity contribution in [2.24, 2.45) is 0 Å². The van der Waals surface area contributed by atoms with E-state index >= 15 is 0 Å². The van der Waals surface area contributed by atoms with Crippen molar-refractivity contribution in [3.63, 3.8) is 0 Å². The highest BCUT2D eigenvalue weighted by Crippen LogP contribution is 2.16. The Balaban J connectivity index is 2.14. The highest BCUT2D eigenvalue weighted by atomic mass is 32.1. The van der Waals surface area contributed by atoms with Crippen molar-refractivity contribution in [1.29, 1.82) is 0 Å². The molecule has 192 valence electrons. The molecule has 0 spiro atoms. The lowest BCUT2D eigenvalue weighted by atomic mass is 10.0. The first-order chi connectivity index (χ1) is 16.2. The van der Waals surface area contributed by atoms with Crippen LogP contribution in [0.3, 0.4) is 0 Å². The van der Waals surface area contributed by atoms with Gasteiger partial charge in [0.1, 0.15) is 0 Å². The lowest BCUT2D eigenvalue weighted by Crippen LogP contribution is -2.39. The fraction of sp³-hybridized carbons (Fsp3) is 0.852. The molecule has 0 aliphatic carbocycles. The Morgan fingerprint density at radius 2 is 1.48 bits per heavy atom. The summed E-state index contributed by atoms with van der Waals surface area (Å²) in [7, 11) is 0. The Bertz CT molecular complexity index is 554. The second kappa shape index (κ2) is 21.5. The molecule has 33 heavy (non-hydrogen) atoms. The molecule has 0 radical (unpaired) electrons. The standard InChI is InChI=1S/C27H51N2O3S/c1-4-7-8-9-10-11-12-13-14-15-16-17-18-19-26(6-3)32-29(31-23-5-2)27(30)20-21-28-22-24-33-25-28/h22,24-26H,4-21,23H2,1-3H3/q+1. The number of hydrogen-bond donors (Lipinski definition) is 0. The highest BCUT2D eigenvalue weighted by Gasteiger charge is 2.21. The molecular weight excluding hydrogens is 432 g/mol. The molecule has 1 heterocycles. The van der Waals surface area contributed by atoms with Crippen LogP contribution in [0.25, 0.3) is 0 Å². The van der Waals surface area contributed by atoms with E-state index in [1.165, 1.54) is 82.3 Å². The zero-order valence-electron chi connectivity index (χ0n) is 21.8. The summed E-state index contributed by atoms with van der Waals surface area (Å²) in [6, 6.07) is 0. The van der Waals surface area contributed by atoms with Crippen LogP contribution in [-0.2, 0) is 21.0 Å². The summed E-state index contributed by atoms with van der Waals surface area (Å²) in [5.41, 5.74) is 2.01. The topological polar surface area (TPSA) is 42.7 Å². The summed E-state index contributed by atoms with van der Waals surface area (Å²) in [6.07, 6.45) is 22.8. The largest absolute Gasteiger partial charge is 0.279 e. The van der Waals surface area contributed by atoms with Gasteiger partial charge in [0.25, 0.3) is 5.91 Å². The van der Waals surface area contributed by atoms with Gasteiger partial charge in [-0.15, -0.1) is 0 Å². The smallest absolute Gasteiger partial charge is 0.270 e. The molecule has 1 rings (SSSR count). The fourth-order valence-corrected chi connectivity index (χ4v) is 4.53. The average Bonchev–Trinajstić information content (AvgIpc) is 3.35. The Morgan fingerprint density at radius 3 is 2.00 bits per heavy atom. The van der Waals surface area contributed by atoms with Crippen molar-refractivity contribution in [3.05, 3.63) is 17.1 Å². The van der Waals surface area contributed by atoms with Crippen LogP contribution < -0.4 is 4.57 Å². The molecule has 0 aliphatic rings. The van der Waals surface area contributed by atoms with Gasteiger partial charge >= 0.3 is 0 Å². The zero-order valence-corrected chi connectivity index (χ0v) is 22.6. The van der Waals surface area contributed by atoms with E-state index in [0.717, 1.165) is 25.7 Å². The van der Waals surface area contributed by atoms with Gasteiger partial charge in [0.2, 0.25) is 5.51 Å². The van der Waals surface area contributed by atoms with Gasteiger partial charge < -0.3 is 0 Å². The maximum atomic E-state index is 12.7. The van der Waals surface area contributed by atoms with E-state index in [-0.39, 0.29) is 12.0 Å². The van der Waals surface area contributed by atoms with Crippen LogP contribution >= 0.6 is 11.3 Å². The maximum Gasteiger partial charge on any atom is 0.279 e. The summed E-state index contributed by atoms with van der Waals surface area (Å²) in [5, 5.41) is 3.18. The molecule has 0 saturated carbocycles. The molecule has 0 N–H and O–H groups in total.